The van der Waals surface area contributed by atoms with E-state index in [4.69, 9.17) is 5.84 Å². The Balaban J connectivity index is 1.97. The van der Waals surface area contributed by atoms with Crippen LogP contribution < -0.4 is 11.3 Å². The lowest BCUT2D eigenvalue weighted by atomic mass is 10.3. The van der Waals surface area contributed by atoms with Crippen LogP contribution >= 0.6 is 23.1 Å². The zero-order chi connectivity index (χ0) is 11.4. The Morgan fingerprint density at radius 3 is 3.06 bits per heavy atom. The first-order valence-corrected chi connectivity index (χ1v) is 6.68. The summed E-state index contributed by atoms with van der Waals surface area (Å²) in [7, 11) is 0. The monoisotopic (exact) mass is 253 g/mol. The number of benzene rings is 1. The number of para-hydroxylation sites is 1. The lowest BCUT2D eigenvalue weighted by Gasteiger charge is -1.96. The number of hydrazine groups is 1. The second-order valence-electron chi connectivity index (χ2n) is 3.14. The summed E-state index contributed by atoms with van der Waals surface area (Å²) in [5.74, 6) is 5.94. The van der Waals surface area contributed by atoms with E-state index in [1.807, 2.05) is 24.3 Å². The Hall–Kier alpha value is -1.11. The van der Waals surface area contributed by atoms with Gasteiger partial charge < -0.3 is 0 Å². The average Bonchev–Trinajstić information content (AvgIpc) is 2.71. The van der Waals surface area contributed by atoms with Gasteiger partial charge >= 0.3 is 0 Å². The lowest BCUT2D eigenvalue weighted by Crippen LogP contribution is -2.31. The standard InChI is InChI=1S/C10H11N3OS2/c11-13-9(14)5-15-6-10-12-7-3-1-2-4-8(7)16-10/h1-4H,5-6,11H2,(H,13,14). The smallest absolute Gasteiger partial charge is 0.243 e. The molecule has 1 heterocycles. The van der Waals surface area contributed by atoms with Gasteiger partial charge in [-0.1, -0.05) is 12.1 Å². The van der Waals surface area contributed by atoms with Crippen molar-refractivity contribution in [1.82, 2.24) is 10.4 Å². The van der Waals surface area contributed by atoms with Gasteiger partial charge in [-0.15, -0.1) is 23.1 Å². The molecule has 0 saturated carbocycles. The van der Waals surface area contributed by atoms with Gasteiger partial charge in [-0.2, -0.15) is 0 Å². The van der Waals surface area contributed by atoms with Gasteiger partial charge in [0, 0.05) is 5.75 Å². The number of amides is 1. The fourth-order valence-corrected chi connectivity index (χ4v) is 3.11. The largest absolute Gasteiger partial charge is 0.294 e. The Kier molecular flexibility index (Phi) is 3.76. The summed E-state index contributed by atoms with van der Waals surface area (Å²) in [6.45, 7) is 0. The van der Waals surface area contributed by atoms with Crippen molar-refractivity contribution in [3.05, 3.63) is 29.3 Å². The van der Waals surface area contributed by atoms with Crippen LogP contribution in [0.15, 0.2) is 24.3 Å². The molecule has 2 rings (SSSR count). The number of nitrogens with zero attached hydrogens (tertiary/aromatic N) is 1. The van der Waals surface area contributed by atoms with E-state index in [1.165, 1.54) is 16.5 Å². The van der Waals surface area contributed by atoms with E-state index in [0.717, 1.165) is 16.3 Å². The molecule has 0 fully saturated rings. The normalized spacial score (nSPS) is 10.6. The van der Waals surface area contributed by atoms with E-state index in [9.17, 15) is 4.79 Å². The maximum Gasteiger partial charge on any atom is 0.243 e. The summed E-state index contributed by atoms with van der Waals surface area (Å²) in [6, 6.07) is 8.01. The molecule has 6 heteroatoms. The predicted octanol–water partition coefficient (Wildman–Crippen LogP) is 1.52. The molecule has 3 N–H and O–H groups in total. The van der Waals surface area contributed by atoms with Gasteiger partial charge in [-0.05, 0) is 12.1 Å². The van der Waals surface area contributed by atoms with Crippen molar-refractivity contribution >= 4 is 39.2 Å². The summed E-state index contributed by atoms with van der Waals surface area (Å²) in [5.41, 5.74) is 3.12. The number of thioether (sulfide) groups is 1. The third-order valence-electron chi connectivity index (χ3n) is 1.96. The lowest BCUT2D eigenvalue weighted by molar-refractivity contribution is -0.118. The fourth-order valence-electron chi connectivity index (χ4n) is 1.25. The van der Waals surface area contributed by atoms with Crippen LogP contribution in [0.1, 0.15) is 5.01 Å². The molecule has 2 aromatic rings. The van der Waals surface area contributed by atoms with E-state index in [-0.39, 0.29) is 5.91 Å². The van der Waals surface area contributed by atoms with Gasteiger partial charge in [0.15, 0.2) is 0 Å². The van der Waals surface area contributed by atoms with E-state index >= 15 is 0 Å². The molecule has 1 amide bonds. The molecular weight excluding hydrogens is 242 g/mol. The third-order valence-corrected chi connectivity index (χ3v) is 4.12. The highest BCUT2D eigenvalue weighted by Crippen LogP contribution is 2.24. The molecule has 0 aliphatic rings. The van der Waals surface area contributed by atoms with Gasteiger partial charge in [0.05, 0.1) is 16.0 Å². The van der Waals surface area contributed by atoms with E-state index in [1.54, 1.807) is 11.3 Å². The van der Waals surface area contributed by atoms with Crippen molar-refractivity contribution in [3.8, 4) is 0 Å². The second-order valence-corrected chi connectivity index (χ2v) is 5.24. The van der Waals surface area contributed by atoms with Crippen LogP contribution in [0.3, 0.4) is 0 Å². The van der Waals surface area contributed by atoms with Crippen molar-refractivity contribution in [2.24, 2.45) is 5.84 Å². The molecule has 0 aliphatic carbocycles. The Morgan fingerprint density at radius 1 is 1.50 bits per heavy atom. The highest BCUT2D eigenvalue weighted by atomic mass is 32.2. The number of carbonyl (C=O) groups excluding carboxylic acids is 1. The summed E-state index contributed by atoms with van der Waals surface area (Å²) in [4.78, 5) is 15.4. The number of nitrogens with one attached hydrogen (secondary N) is 1. The number of hydrogen-bond donors (Lipinski definition) is 2. The minimum atomic E-state index is -0.161. The number of hydrogen-bond acceptors (Lipinski definition) is 5. The summed E-state index contributed by atoms with van der Waals surface area (Å²) < 4.78 is 1.18. The van der Waals surface area contributed by atoms with Crippen LogP contribution in [0.25, 0.3) is 10.2 Å². The van der Waals surface area contributed by atoms with Gasteiger partial charge in [-0.25, -0.2) is 10.8 Å². The SMILES string of the molecule is NNC(=O)CSCc1nc2ccccc2s1. The zero-order valence-corrected chi connectivity index (χ0v) is 10.1. The molecule has 1 aromatic carbocycles. The molecule has 4 nitrogen and oxygen atoms in total. The summed E-state index contributed by atoms with van der Waals surface area (Å²) in [5, 5.41) is 1.04. The Bertz CT molecular complexity index is 465. The number of nitrogens with two attached hydrogens (primary N) is 1. The molecule has 0 radical (unpaired) electrons. The van der Waals surface area contributed by atoms with Gasteiger partial charge in [0.2, 0.25) is 5.91 Å². The third kappa shape index (κ3) is 2.72. The molecule has 0 atom stereocenters. The molecule has 0 saturated heterocycles. The predicted molar refractivity (Wildman–Crippen MR) is 68.1 cm³/mol. The molecule has 84 valence electrons. The van der Waals surface area contributed by atoms with Crippen molar-refractivity contribution in [2.75, 3.05) is 5.75 Å². The summed E-state index contributed by atoms with van der Waals surface area (Å²) in [6.07, 6.45) is 0. The number of thiazole rings is 1. The van der Waals surface area contributed by atoms with Crippen LogP contribution in [0.2, 0.25) is 0 Å². The van der Waals surface area contributed by atoms with E-state index in [2.05, 4.69) is 10.4 Å². The van der Waals surface area contributed by atoms with E-state index in [0.29, 0.717) is 5.75 Å². The molecule has 0 bridgehead atoms. The first kappa shape index (κ1) is 11.4. The Morgan fingerprint density at radius 2 is 2.31 bits per heavy atom. The van der Waals surface area contributed by atoms with Crippen LogP contribution in [0.4, 0.5) is 0 Å². The molecule has 0 unspecified atom stereocenters. The second kappa shape index (κ2) is 5.29. The van der Waals surface area contributed by atoms with Gasteiger partial charge in [-0.3, -0.25) is 10.2 Å². The van der Waals surface area contributed by atoms with Gasteiger partial charge in [0.25, 0.3) is 0 Å². The highest BCUT2D eigenvalue weighted by molar-refractivity contribution is 7.99. The number of fused-ring (bicyclic) bond motifs is 1. The minimum absolute atomic E-state index is 0.161. The van der Waals surface area contributed by atoms with Crippen molar-refractivity contribution in [1.29, 1.82) is 0 Å². The number of carbonyl (C=O) groups is 1. The van der Waals surface area contributed by atoms with Crippen LogP contribution in [-0.4, -0.2) is 16.6 Å². The van der Waals surface area contributed by atoms with Crippen LogP contribution in [0, 0.1) is 0 Å². The quantitative estimate of drug-likeness (QED) is 0.492. The molecular formula is C10H11N3OS2. The first-order valence-electron chi connectivity index (χ1n) is 4.71. The maximum absolute atomic E-state index is 10.9. The summed E-state index contributed by atoms with van der Waals surface area (Å²) >= 11 is 3.17. The highest BCUT2D eigenvalue weighted by Gasteiger charge is 2.04. The van der Waals surface area contributed by atoms with Crippen molar-refractivity contribution in [3.63, 3.8) is 0 Å². The maximum atomic E-state index is 10.9. The van der Waals surface area contributed by atoms with Crippen LogP contribution in [0.5, 0.6) is 0 Å². The van der Waals surface area contributed by atoms with Crippen molar-refractivity contribution in [2.45, 2.75) is 5.75 Å². The van der Waals surface area contributed by atoms with E-state index < -0.39 is 0 Å². The first-order chi connectivity index (χ1) is 7.79. The molecule has 1 aromatic heterocycles. The zero-order valence-electron chi connectivity index (χ0n) is 8.47. The topological polar surface area (TPSA) is 68.0 Å². The molecule has 0 spiro atoms. The Labute approximate surface area is 101 Å². The fraction of sp³-hybridized carbons (Fsp3) is 0.200. The average molecular weight is 253 g/mol. The minimum Gasteiger partial charge on any atom is -0.294 e. The number of rotatable bonds is 4. The molecule has 0 aliphatic heterocycles. The number of aromatic nitrogens is 1. The molecule has 16 heavy (non-hydrogen) atoms. The van der Waals surface area contributed by atoms with Gasteiger partial charge in [0.1, 0.15) is 5.01 Å². The van der Waals surface area contributed by atoms with Crippen LogP contribution in [-0.2, 0) is 10.5 Å². The van der Waals surface area contributed by atoms with Crippen molar-refractivity contribution < 1.29 is 4.79 Å².